The third-order valence-corrected chi connectivity index (χ3v) is 2.78. The zero-order valence-corrected chi connectivity index (χ0v) is 9.26. The number of aldehydes is 1. The predicted octanol–water partition coefficient (Wildman–Crippen LogP) is -0.684. The summed E-state index contributed by atoms with van der Waals surface area (Å²) >= 11 is 0. The molecule has 98 valence electrons. The van der Waals surface area contributed by atoms with Crippen molar-refractivity contribution in [1.29, 1.82) is 0 Å². The van der Waals surface area contributed by atoms with Gasteiger partial charge in [-0.2, -0.15) is 0 Å². The first-order valence-corrected chi connectivity index (χ1v) is 5.27. The van der Waals surface area contributed by atoms with Crippen LogP contribution in [0.4, 0.5) is 4.39 Å². The van der Waals surface area contributed by atoms with Gasteiger partial charge in [0.05, 0.1) is 5.56 Å². The minimum Gasteiger partial charge on any atom is -0.390 e. The highest BCUT2D eigenvalue weighted by Gasteiger charge is 2.41. The summed E-state index contributed by atoms with van der Waals surface area (Å²) in [4.78, 5) is 35.2. The number of H-pyrrole nitrogens is 1. The van der Waals surface area contributed by atoms with Crippen LogP contribution in [0.15, 0.2) is 15.8 Å². The number of aromatic nitrogens is 2. The van der Waals surface area contributed by atoms with Crippen molar-refractivity contribution in [2.24, 2.45) is 0 Å². The van der Waals surface area contributed by atoms with Crippen LogP contribution < -0.4 is 11.2 Å². The summed E-state index contributed by atoms with van der Waals surface area (Å²) in [5, 5.41) is 8.80. The highest BCUT2D eigenvalue weighted by atomic mass is 19.2. The molecule has 1 aromatic rings. The lowest BCUT2D eigenvalue weighted by molar-refractivity contribution is -0.177. The normalized spacial score (nSPS) is 27.3. The van der Waals surface area contributed by atoms with E-state index in [2.05, 4.69) is 0 Å². The molecule has 1 aromatic heterocycles. The van der Waals surface area contributed by atoms with Crippen LogP contribution in [0.5, 0.6) is 0 Å². The molecule has 0 bridgehead atoms. The molecule has 2 rings (SSSR count). The van der Waals surface area contributed by atoms with Crippen molar-refractivity contribution in [1.82, 2.24) is 9.55 Å². The Morgan fingerprint density at radius 3 is 2.94 bits per heavy atom. The Labute approximate surface area is 99.8 Å². The summed E-state index contributed by atoms with van der Waals surface area (Å²) in [5.41, 5.74) is -1.85. The van der Waals surface area contributed by atoms with Crippen LogP contribution in [0.2, 0.25) is 0 Å². The molecule has 0 amide bonds. The summed E-state index contributed by atoms with van der Waals surface area (Å²) in [6.45, 7) is -0.817. The number of halogens is 1. The van der Waals surface area contributed by atoms with Gasteiger partial charge in [0.1, 0.15) is 12.8 Å². The second-order valence-corrected chi connectivity index (χ2v) is 4.02. The van der Waals surface area contributed by atoms with E-state index in [0.717, 1.165) is 10.8 Å². The van der Waals surface area contributed by atoms with Gasteiger partial charge in [0.2, 0.25) is 5.85 Å². The summed E-state index contributed by atoms with van der Waals surface area (Å²) in [6, 6.07) is 0. The number of nitrogens with one attached hydrogen (secondary N) is 1. The number of carbonyl (C=O) groups excluding carboxylic acids is 1. The fourth-order valence-electron chi connectivity index (χ4n) is 1.81. The molecule has 0 spiro atoms. The van der Waals surface area contributed by atoms with Crippen molar-refractivity contribution in [3.8, 4) is 0 Å². The maximum Gasteiger partial charge on any atom is 0.330 e. The molecule has 18 heavy (non-hydrogen) atoms. The quantitative estimate of drug-likeness (QED) is 0.699. The SMILES string of the molecule is O=Cc1cn([C@H]2CC[C@@](F)(CO)O2)c(=O)[nH]c1=O. The van der Waals surface area contributed by atoms with Gasteiger partial charge in [-0.3, -0.25) is 19.1 Å². The third kappa shape index (κ3) is 2.12. The topological polar surface area (TPSA) is 101 Å². The first-order valence-electron chi connectivity index (χ1n) is 5.27. The number of aliphatic hydroxyl groups is 1. The highest BCUT2D eigenvalue weighted by molar-refractivity contribution is 5.73. The number of aromatic amines is 1. The molecular formula is C10H11FN2O5. The molecule has 0 saturated carbocycles. The van der Waals surface area contributed by atoms with Gasteiger partial charge in [-0.15, -0.1) is 0 Å². The lowest BCUT2D eigenvalue weighted by atomic mass is 10.2. The summed E-state index contributed by atoms with van der Waals surface area (Å²) in [6.07, 6.45) is 0.433. The molecule has 1 fully saturated rings. The number of ether oxygens (including phenoxy) is 1. The maximum absolute atomic E-state index is 13.6. The Kier molecular flexibility index (Phi) is 3.14. The molecule has 1 saturated heterocycles. The van der Waals surface area contributed by atoms with E-state index >= 15 is 0 Å². The lowest BCUT2D eigenvalue weighted by Crippen LogP contribution is -2.35. The zero-order valence-electron chi connectivity index (χ0n) is 9.26. The van der Waals surface area contributed by atoms with E-state index in [1.54, 1.807) is 0 Å². The van der Waals surface area contributed by atoms with E-state index in [9.17, 15) is 18.8 Å². The van der Waals surface area contributed by atoms with Crippen LogP contribution in [0.25, 0.3) is 0 Å². The van der Waals surface area contributed by atoms with Gasteiger partial charge >= 0.3 is 5.69 Å². The van der Waals surface area contributed by atoms with Gasteiger partial charge in [-0.05, 0) is 6.42 Å². The van der Waals surface area contributed by atoms with Gasteiger partial charge < -0.3 is 9.84 Å². The summed E-state index contributed by atoms with van der Waals surface area (Å²) < 4.78 is 19.5. The molecule has 2 N–H and O–H groups in total. The summed E-state index contributed by atoms with van der Waals surface area (Å²) in [5.74, 6) is -2.19. The molecular weight excluding hydrogens is 247 g/mol. The number of aliphatic hydroxyl groups excluding tert-OH is 1. The molecule has 2 heterocycles. The van der Waals surface area contributed by atoms with Crippen molar-refractivity contribution in [3.63, 3.8) is 0 Å². The van der Waals surface area contributed by atoms with E-state index in [1.165, 1.54) is 0 Å². The van der Waals surface area contributed by atoms with Crippen LogP contribution in [-0.4, -0.2) is 33.4 Å². The van der Waals surface area contributed by atoms with Crippen molar-refractivity contribution >= 4 is 6.29 Å². The van der Waals surface area contributed by atoms with Crippen LogP contribution in [-0.2, 0) is 4.74 Å². The van der Waals surface area contributed by atoms with Crippen molar-refractivity contribution < 1.29 is 19.0 Å². The first kappa shape index (κ1) is 12.7. The predicted molar refractivity (Wildman–Crippen MR) is 57.0 cm³/mol. The molecule has 1 aliphatic heterocycles. The molecule has 8 heteroatoms. The number of rotatable bonds is 3. The van der Waals surface area contributed by atoms with Crippen LogP contribution in [0.3, 0.4) is 0 Å². The molecule has 0 radical (unpaired) electrons. The van der Waals surface area contributed by atoms with Gasteiger partial charge in [0, 0.05) is 12.6 Å². The molecule has 7 nitrogen and oxygen atoms in total. The summed E-state index contributed by atoms with van der Waals surface area (Å²) in [7, 11) is 0. The minimum atomic E-state index is -2.19. The number of nitrogens with zero attached hydrogens (tertiary/aromatic N) is 1. The van der Waals surface area contributed by atoms with Gasteiger partial charge in [-0.1, -0.05) is 0 Å². The molecule has 0 aliphatic carbocycles. The third-order valence-electron chi connectivity index (χ3n) is 2.78. The lowest BCUT2D eigenvalue weighted by Gasteiger charge is -2.18. The molecule has 2 atom stereocenters. The van der Waals surface area contributed by atoms with Gasteiger partial charge in [0.25, 0.3) is 5.56 Å². The Hall–Kier alpha value is -1.80. The van der Waals surface area contributed by atoms with E-state index < -0.39 is 29.9 Å². The molecule has 0 aromatic carbocycles. The number of carbonyl (C=O) groups is 1. The molecule has 1 aliphatic rings. The van der Waals surface area contributed by atoms with Gasteiger partial charge in [0.15, 0.2) is 6.29 Å². The van der Waals surface area contributed by atoms with Crippen molar-refractivity contribution in [3.05, 3.63) is 32.6 Å². The van der Waals surface area contributed by atoms with Crippen LogP contribution in [0.1, 0.15) is 29.4 Å². The Bertz CT molecular complexity index is 580. The van der Waals surface area contributed by atoms with E-state index in [0.29, 0.717) is 6.29 Å². The van der Waals surface area contributed by atoms with Crippen molar-refractivity contribution in [2.45, 2.75) is 24.9 Å². The van der Waals surface area contributed by atoms with Crippen LogP contribution in [0, 0.1) is 0 Å². The van der Waals surface area contributed by atoms with Crippen LogP contribution >= 0.6 is 0 Å². The van der Waals surface area contributed by atoms with E-state index in [-0.39, 0.29) is 18.4 Å². The van der Waals surface area contributed by atoms with E-state index in [4.69, 9.17) is 9.84 Å². The Balaban J connectivity index is 2.38. The van der Waals surface area contributed by atoms with E-state index in [1.807, 2.05) is 4.98 Å². The monoisotopic (exact) mass is 258 g/mol. The second-order valence-electron chi connectivity index (χ2n) is 4.02. The van der Waals surface area contributed by atoms with Crippen molar-refractivity contribution in [2.75, 3.05) is 6.61 Å². The Morgan fingerprint density at radius 2 is 2.39 bits per heavy atom. The smallest absolute Gasteiger partial charge is 0.330 e. The Morgan fingerprint density at radius 1 is 1.67 bits per heavy atom. The number of hydrogen-bond donors (Lipinski definition) is 2. The molecule has 0 unspecified atom stereocenters. The number of alkyl halides is 1. The average molecular weight is 258 g/mol. The minimum absolute atomic E-state index is 0.0733. The fourth-order valence-corrected chi connectivity index (χ4v) is 1.81. The second kappa shape index (κ2) is 4.46. The largest absolute Gasteiger partial charge is 0.390 e. The maximum atomic E-state index is 13.6. The first-order chi connectivity index (χ1) is 8.49. The standard InChI is InChI=1S/C10H11FN2O5/c11-10(5-15)2-1-7(18-10)13-3-6(4-14)8(16)12-9(13)17/h3-4,7,15H,1-2,5H2,(H,12,16,17)/t7-,10+/m1/s1. The highest BCUT2D eigenvalue weighted by Crippen LogP contribution is 2.36. The fraction of sp³-hybridized carbons (Fsp3) is 0.500. The van der Waals surface area contributed by atoms with Gasteiger partial charge in [-0.25, -0.2) is 9.18 Å². The zero-order chi connectivity index (χ0) is 13.3. The average Bonchev–Trinajstić information content (AvgIpc) is 2.73. The number of hydrogen-bond acceptors (Lipinski definition) is 5.